The van der Waals surface area contributed by atoms with Crippen LogP contribution in [-0.2, 0) is 4.74 Å². The van der Waals surface area contributed by atoms with E-state index in [4.69, 9.17) is 4.74 Å². The zero-order valence-electron chi connectivity index (χ0n) is 10.7. The zero-order chi connectivity index (χ0) is 12.1. The molecule has 0 spiro atoms. The zero-order valence-corrected chi connectivity index (χ0v) is 10.7. The van der Waals surface area contributed by atoms with E-state index in [9.17, 15) is 10.2 Å². The van der Waals surface area contributed by atoms with E-state index < -0.39 is 5.79 Å². The third kappa shape index (κ3) is 6.13. The molecule has 15 heavy (non-hydrogen) atoms. The number of hydrogen-bond acceptors (Lipinski definition) is 3. The molecule has 92 valence electrons. The van der Waals surface area contributed by atoms with Crippen molar-refractivity contribution < 1.29 is 14.9 Å². The Morgan fingerprint density at radius 2 is 1.60 bits per heavy atom. The third-order valence-corrected chi connectivity index (χ3v) is 2.35. The molecule has 0 rings (SSSR count). The molecule has 1 unspecified atom stereocenters. The molecule has 0 heterocycles. The fraction of sp³-hybridized carbons (Fsp3) is 1.00. The van der Waals surface area contributed by atoms with Crippen LogP contribution < -0.4 is 0 Å². The van der Waals surface area contributed by atoms with Gasteiger partial charge in [0, 0.05) is 6.42 Å². The maximum atomic E-state index is 10.1. The predicted octanol–water partition coefficient (Wildman–Crippen LogP) is 2.31. The number of aliphatic hydroxyl groups is 2. The van der Waals surface area contributed by atoms with Crippen molar-refractivity contribution in [2.24, 2.45) is 5.41 Å². The summed E-state index contributed by atoms with van der Waals surface area (Å²) in [5.41, 5.74) is -0.0660. The van der Waals surface area contributed by atoms with Gasteiger partial charge in [-0.15, -0.1) is 0 Å². The SMILES string of the molecule is CCC(CC)OC(O)(CO)CC(C)(C)C. The predicted molar refractivity (Wildman–Crippen MR) is 61.6 cm³/mol. The Morgan fingerprint density at radius 3 is 1.87 bits per heavy atom. The standard InChI is InChI=1S/C12H26O3/c1-6-10(7-2)15-12(14,9-13)8-11(3,4)5/h10,13-14H,6-9H2,1-5H3. The van der Waals surface area contributed by atoms with Gasteiger partial charge in [-0.1, -0.05) is 34.6 Å². The summed E-state index contributed by atoms with van der Waals surface area (Å²) >= 11 is 0. The molecule has 0 fully saturated rings. The van der Waals surface area contributed by atoms with Crippen molar-refractivity contribution in [3.05, 3.63) is 0 Å². The van der Waals surface area contributed by atoms with E-state index in [1.165, 1.54) is 0 Å². The van der Waals surface area contributed by atoms with Gasteiger partial charge in [-0.25, -0.2) is 0 Å². The number of aliphatic hydroxyl groups excluding tert-OH is 1. The number of hydrogen-bond donors (Lipinski definition) is 2. The van der Waals surface area contributed by atoms with Crippen LogP contribution in [0.1, 0.15) is 53.9 Å². The average molecular weight is 218 g/mol. The highest BCUT2D eigenvalue weighted by atomic mass is 16.6. The van der Waals surface area contributed by atoms with Crippen molar-refractivity contribution in [3.63, 3.8) is 0 Å². The Morgan fingerprint density at radius 1 is 1.13 bits per heavy atom. The van der Waals surface area contributed by atoms with Gasteiger partial charge < -0.3 is 14.9 Å². The molecule has 0 amide bonds. The van der Waals surface area contributed by atoms with E-state index >= 15 is 0 Å². The lowest BCUT2D eigenvalue weighted by molar-refractivity contribution is -0.261. The molecule has 0 radical (unpaired) electrons. The second-order valence-electron chi connectivity index (χ2n) is 5.40. The van der Waals surface area contributed by atoms with Crippen LogP contribution in [0.3, 0.4) is 0 Å². The van der Waals surface area contributed by atoms with E-state index in [0.717, 1.165) is 12.8 Å². The first-order valence-corrected chi connectivity index (χ1v) is 5.77. The van der Waals surface area contributed by atoms with Gasteiger partial charge in [0.15, 0.2) is 5.79 Å². The van der Waals surface area contributed by atoms with Crippen LogP contribution in [0.15, 0.2) is 0 Å². The molecule has 1 atom stereocenters. The molecule has 3 heteroatoms. The van der Waals surface area contributed by atoms with E-state index in [-0.39, 0.29) is 18.1 Å². The maximum absolute atomic E-state index is 10.1. The van der Waals surface area contributed by atoms with Gasteiger partial charge in [0.05, 0.1) is 12.7 Å². The minimum atomic E-state index is -1.39. The van der Waals surface area contributed by atoms with Crippen molar-refractivity contribution in [3.8, 4) is 0 Å². The molecule has 3 nitrogen and oxygen atoms in total. The van der Waals surface area contributed by atoms with Crippen LogP contribution in [0.5, 0.6) is 0 Å². The van der Waals surface area contributed by atoms with Crippen LogP contribution in [0.2, 0.25) is 0 Å². The molecule has 0 aliphatic carbocycles. The van der Waals surface area contributed by atoms with Crippen molar-refractivity contribution in [2.75, 3.05) is 6.61 Å². The monoisotopic (exact) mass is 218 g/mol. The molecule has 0 aliphatic heterocycles. The van der Waals surface area contributed by atoms with Crippen LogP contribution >= 0.6 is 0 Å². The molecular weight excluding hydrogens is 192 g/mol. The molecule has 2 N–H and O–H groups in total. The first kappa shape index (κ1) is 14.9. The van der Waals surface area contributed by atoms with E-state index in [2.05, 4.69) is 0 Å². The smallest absolute Gasteiger partial charge is 0.189 e. The molecule has 0 aromatic heterocycles. The first-order valence-electron chi connectivity index (χ1n) is 5.77. The minimum absolute atomic E-state index is 0.0181. The van der Waals surface area contributed by atoms with Gasteiger partial charge in [0.25, 0.3) is 0 Å². The van der Waals surface area contributed by atoms with E-state index in [0.29, 0.717) is 6.42 Å². The van der Waals surface area contributed by atoms with Crippen LogP contribution in [0, 0.1) is 5.41 Å². The van der Waals surface area contributed by atoms with Gasteiger partial charge in [-0.3, -0.25) is 0 Å². The van der Waals surface area contributed by atoms with Gasteiger partial charge >= 0.3 is 0 Å². The maximum Gasteiger partial charge on any atom is 0.189 e. The Kier molecular flexibility index (Phi) is 5.78. The molecule has 0 aromatic rings. The Balaban J connectivity index is 4.42. The molecular formula is C12H26O3. The summed E-state index contributed by atoms with van der Waals surface area (Å²) < 4.78 is 5.57. The quantitative estimate of drug-likeness (QED) is 0.673. The molecule has 0 bridgehead atoms. The highest BCUT2D eigenvalue weighted by Crippen LogP contribution is 2.29. The van der Waals surface area contributed by atoms with Gasteiger partial charge in [-0.05, 0) is 18.3 Å². The summed E-state index contributed by atoms with van der Waals surface area (Å²) in [4.78, 5) is 0. The largest absolute Gasteiger partial charge is 0.391 e. The topological polar surface area (TPSA) is 49.7 Å². The highest BCUT2D eigenvalue weighted by Gasteiger charge is 2.34. The lowest BCUT2D eigenvalue weighted by Gasteiger charge is -2.35. The highest BCUT2D eigenvalue weighted by molar-refractivity contribution is 4.76. The lowest BCUT2D eigenvalue weighted by Crippen LogP contribution is -2.43. The summed E-state index contributed by atoms with van der Waals surface area (Å²) in [6.45, 7) is 9.74. The second kappa shape index (κ2) is 5.83. The Hall–Kier alpha value is -0.120. The van der Waals surface area contributed by atoms with Crippen LogP contribution in [0.4, 0.5) is 0 Å². The Labute approximate surface area is 93.5 Å². The summed E-state index contributed by atoms with van der Waals surface area (Å²) in [5.74, 6) is -1.39. The summed E-state index contributed by atoms with van der Waals surface area (Å²) in [6, 6.07) is 0. The lowest BCUT2D eigenvalue weighted by atomic mass is 9.87. The number of ether oxygens (including phenoxy) is 1. The van der Waals surface area contributed by atoms with Crippen LogP contribution in [-0.4, -0.2) is 28.7 Å². The second-order valence-corrected chi connectivity index (χ2v) is 5.40. The van der Waals surface area contributed by atoms with Crippen molar-refractivity contribution in [2.45, 2.75) is 65.8 Å². The summed E-state index contributed by atoms with van der Waals surface area (Å²) in [6.07, 6.45) is 2.16. The van der Waals surface area contributed by atoms with Crippen molar-refractivity contribution >= 4 is 0 Å². The van der Waals surface area contributed by atoms with E-state index in [1.54, 1.807) is 0 Å². The van der Waals surface area contributed by atoms with Gasteiger partial charge in [0.1, 0.15) is 0 Å². The molecule has 0 aromatic carbocycles. The van der Waals surface area contributed by atoms with Crippen molar-refractivity contribution in [1.29, 1.82) is 0 Å². The normalized spacial score (nSPS) is 16.8. The van der Waals surface area contributed by atoms with Gasteiger partial charge in [0.2, 0.25) is 0 Å². The molecule has 0 saturated carbocycles. The average Bonchev–Trinajstić information content (AvgIpc) is 2.11. The van der Waals surface area contributed by atoms with E-state index in [1.807, 2.05) is 34.6 Å². The first-order chi connectivity index (χ1) is 6.76. The minimum Gasteiger partial charge on any atom is -0.391 e. The third-order valence-electron chi connectivity index (χ3n) is 2.35. The fourth-order valence-corrected chi connectivity index (χ4v) is 1.73. The summed E-state index contributed by atoms with van der Waals surface area (Å²) in [7, 11) is 0. The Bertz CT molecular complexity index is 170. The molecule has 0 aliphatic rings. The van der Waals surface area contributed by atoms with Gasteiger partial charge in [-0.2, -0.15) is 0 Å². The van der Waals surface area contributed by atoms with Crippen molar-refractivity contribution in [1.82, 2.24) is 0 Å². The molecule has 0 saturated heterocycles. The fourth-order valence-electron chi connectivity index (χ4n) is 1.73. The number of rotatable bonds is 6. The summed E-state index contributed by atoms with van der Waals surface area (Å²) in [5, 5.41) is 19.3. The van der Waals surface area contributed by atoms with Crippen LogP contribution in [0.25, 0.3) is 0 Å².